The Kier molecular flexibility index (Phi) is 6.18. The van der Waals surface area contributed by atoms with Crippen molar-refractivity contribution in [3.05, 3.63) is 82.9 Å². The minimum absolute atomic E-state index is 0.216. The Morgan fingerprint density at radius 2 is 1.87 bits per heavy atom. The second-order valence-corrected chi connectivity index (χ2v) is 7.11. The van der Waals surface area contributed by atoms with Gasteiger partial charge in [-0.05, 0) is 66.9 Å². The fraction of sp³-hybridized carbons (Fsp3) is 0.136. The van der Waals surface area contributed by atoms with E-state index in [0.717, 1.165) is 22.5 Å². The number of hydrogen-bond donors (Lipinski definition) is 2. The van der Waals surface area contributed by atoms with E-state index in [1.807, 2.05) is 30.3 Å². The number of anilines is 2. The molecule has 0 fully saturated rings. The molecule has 0 aliphatic rings. The molecule has 0 unspecified atom stereocenters. The number of carbonyl (C=O) groups is 1. The highest BCUT2D eigenvalue weighted by molar-refractivity contribution is 6.30. The normalized spacial score (nSPS) is 10.6. The molecular weight excluding hydrogens is 416 g/mol. The molecule has 0 radical (unpaired) electrons. The lowest BCUT2D eigenvalue weighted by atomic mass is 10.0. The van der Waals surface area contributed by atoms with E-state index < -0.39 is 0 Å². The van der Waals surface area contributed by atoms with Gasteiger partial charge >= 0.3 is 6.01 Å². The standard InChI is InChI=1S/C22H19ClN6O2/c1-24-20(30)19-13-14(10-12-26-19)4-9-18-17(3-2-11-25-18)21-28-29-22(31-21)27-16-7-5-15(23)6-8-16/h2-3,5-8,10-13H,4,9H2,1H3,(H,24,30)(H,27,29). The van der Waals surface area contributed by atoms with Crippen LogP contribution >= 0.6 is 11.6 Å². The third kappa shape index (κ3) is 5.04. The summed E-state index contributed by atoms with van der Waals surface area (Å²) in [5.41, 5.74) is 3.75. The molecule has 0 saturated carbocycles. The molecule has 0 saturated heterocycles. The zero-order valence-electron chi connectivity index (χ0n) is 16.7. The zero-order valence-corrected chi connectivity index (χ0v) is 17.4. The van der Waals surface area contributed by atoms with Crippen molar-refractivity contribution in [2.24, 2.45) is 0 Å². The number of halogens is 1. The maximum absolute atomic E-state index is 11.8. The molecular formula is C22H19ClN6O2. The predicted molar refractivity (Wildman–Crippen MR) is 117 cm³/mol. The quantitative estimate of drug-likeness (QED) is 0.451. The van der Waals surface area contributed by atoms with Crippen molar-refractivity contribution in [3.63, 3.8) is 0 Å². The molecule has 9 heteroatoms. The van der Waals surface area contributed by atoms with Gasteiger partial charge < -0.3 is 15.1 Å². The molecule has 4 rings (SSSR count). The Hall–Kier alpha value is -3.78. The fourth-order valence-corrected chi connectivity index (χ4v) is 3.14. The topological polar surface area (TPSA) is 106 Å². The number of rotatable bonds is 7. The fourth-order valence-electron chi connectivity index (χ4n) is 3.02. The van der Waals surface area contributed by atoms with Gasteiger partial charge in [0.2, 0.25) is 0 Å². The summed E-state index contributed by atoms with van der Waals surface area (Å²) in [6.45, 7) is 0. The van der Waals surface area contributed by atoms with Gasteiger partial charge in [-0.15, -0.1) is 5.10 Å². The first-order chi connectivity index (χ1) is 15.1. The summed E-state index contributed by atoms with van der Waals surface area (Å²) in [5.74, 6) is 0.160. The smallest absolute Gasteiger partial charge is 0.320 e. The van der Waals surface area contributed by atoms with Crippen LogP contribution in [0.25, 0.3) is 11.5 Å². The zero-order chi connectivity index (χ0) is 21.6. The lowest BCUT2D eigenvalue weighted by molar-refractivity contribution is 0.0958. The molecule has 31 heavy (non-hydrogen) atoms. The van der Waals surface area contributed by atoms with E-state index in [-0.39, 0.29) is 11.9 Å². The van der Waals surface area contributed by atoms with Crippen LogP contribution in [0.15, 0.2) is 65.3 Å². The number of nitrogens with zero attached hydrogens (tertiary/aromatic N) is 4. The Morgan fingerprint density at radius 1 is 1.03 bits per heavy atom. The molecule has 156 valence electrons. The van der Waals surface area contributed by atoms with E-state index in [4.69, 9.17) is 16.0 Å². The Morgan fingerprint density at radius 3 is 2.68 bits per heavy atom. The molecule has 0 aliphatic heterocycles. The first-order valence-corrected chi connectivity index (χ1v) is 9.97. The first-order valence-electron chi connectivity index (χ1n) is 9.60. The second kappa shape index (κ2) is 9.36. The largest absolute Gasteiger partial charge is 0.403 e. The van der Waals surface area contributed by atoms with Gasteiger partial charge in [0.1, 0.15) is 5.69 Å². The van der Waals surface area contributed by atoms with Crippen molar-refractivity contribution < 1.29 is 9.21 Å². The number of aryl methyl sites for hydroxylation is 2. The molecule has 4 aromatic rings. The van der Waals surface area contributed by atoms with E-state index >= 15 is 0 Å². The maximum atomic E-state index is 11.8. The SMILES string of the molecule is CNC(=O)c1cc(CCc2ncccc2-c2nnc(Nc3ccc(Cl)cc3)o2)ccn1. The number of hydrogen-bond acceptors (Lipinski definition) is 7. The van der Waals surface area contributed by atoms with Crippen LogP contribution in [0.4, 0.5) is 11.7 Å². The molecule has 0 atom stereocenters. The number of carbonyl (C=O) groups excluding carboxylic acids is 1. The number of pyridine rings is 2. The second-order valence-electron chi connectivity index (χ2n) is 6.67. The van der Waals surface area contributed by atoms with E-state index in [9.17, 15) is 4.79 Å². The van der Waals surface area contributed by atoms with Crippen molar-refractivity contribution in [1.82, 2.24) is 25.5 Å². The van der Waals surface area contributed by atoms with Gasteiger partial charge in [0.15, 0.2) is 0 Å². The average Bonchev–Trinajstić information content (AvgIpc) is 3.27. The summed E-state index contributed by atoms with van der Waals surface area (Å²) in [6, 6.07) is 14.8. The van der Waals surface area contributed by atoms with Crippen molar-refractivity contribution in [2.45, 2.75) is 12.8 Å². The van der Waals surface area contributed by atoms with Crippen LogP contribution < -0.4 is 10.6 Å². The Labute approximate surface area is 183 Å². The van der Waals surface area contributed by atoms with E-state index in [2.05, 4.69) is 30.8 Å². The van der Waals surface area contributed by atoms with Crippen LogP contribution in [0, 0.1) is 0 Å². The average molecular weight is 435 g/mol. The summed E-state index contributed by atoms with van der Waals surface area (Å²) < 4.78 is 5.79. The van der Waals surface area contributed by atoms with Crippen molar-refractivity contribution in [1.29, 1.82) is 0 Å². The monoisotopic (exact) mass is 434 g/mol. The maximum Gasteiger partial charge on any atom is 0.320 e. The van der Waals surface area contributed by atoms with Gasteiger partial charge in [-0.25, -0.2) is 0 Å². The molecule has 1 amide bonds. The summed E-state index contributed by atoms with van der Waals surface area (Å²) in [5, 5.41) is 14.5. The molecule has 3 aromatic heterocycles. The molecule has 8 nitrogen and oxygen atoms in total. The summed E-state index contributed by atoms with van der Waals surface area (Å²) in [7, 11) is 1.58. The summed E-state index contributed by atoms with van der Waals surface area (Å²) >= 11 is 5.91. The first kappa shape index (κ1) is 20.5. The van der Waals surface area contributed by atoms with Crippen molar-refractivity contribution >= 4 is 29.2 Å². The summed E-state index contributed by atoms with van der Waals surface area (Å²) in [6.07, 6.45) is 4.67. The van der Waals surface area contributed by atoms with Gasteiger partial charge in [-0.3, -0.25) is 14.8 Å². The minimum Gasteiger partial charge on any atom is -0.403 e. The highest BCUT2D eigenvalue weighted by atomic mass is 35.5. The van der Waals surface area contributed by atoms with Crippen LogP contribution in [-0.4, -0.2) is 33.1 Å². The molecule has 2 N–H and O–H groups in total. The van der Waals surface area contributed by atoms with E-state index in [0.29, 0.717) is 29.4 Å². The van der Waals surface area contributed by atoms with Gasteiger partial charge in [0, 0.05) is 30.2 Å². The van der Waals surface area contributed by atoms with Crippen LogP contribution in [0.5, 0.6) is 0 Å². The third-order valence-corrected chi connectivity index (χ3v) is 4.83. The number of aromatic nitrogens is 4. The van der Waals surface area contributed by atoms with Gasteiger partial charge in [0.25, 0.3) is 11.8 Å². The third-order valence-electron chi connectivity index (χ3n) is 4.58. The van der Waals surface area contributed by atoms with Gasteiger partial charge in [-0.1, -0.05) is 16.7 Å². The van der Waals surface area contributed by atoms with Crippen LogP contribution in [0.1, 0.15) is 21.7 Å². The highest BCUT2D eigenvalue weighted by Gasteiger charge is 2.14. The van der Waals surface area contributed by atoms with E-state index in [1.165, 1.54) is 0 Å². The molecule has 0 aliphatic carbocycles. The van der Waals surface area contributed by atoms with Gasteiger partial charge in [-0.2, -0.15) is 0 Å². The van der Waals surface area contributed by atoms with Crippen LogP contribution in [0.2, 0.25) is 5.02 Å². The Balaban J connectivity index is 1.50. The molecule has 1 aromatic carbocycles. The summed E-state index contributed by atoms with van der Waals surface area (Å²) in [4.78, 5) is 20.4. The van der Waals surface area contributed by atoms with Crippen LogP contribution in [-0.2, 0) is 12.8 Å². The number of amides is 1. The van der Waals surface area contributed by atoms with Crippen molar-refractivity contribution in [3.8, 4) is 11.5 Å². The molecule has 0 bridgehead atoms. The Bertz CT molecular complexity index is 1190. The molecule has 3 heterocycles. The van der Waals surface area contributed by atoms with Crippen LogP contribution in [0.3, 0.4) is 0 Å². The molecule has 0 spiro atoms. The lowest BCUT2D eigenvalue weighted by Crippen LogP contribution is -2.19. The number of nitrogens with one attached hydrogen (secondary N) is 2. The lowest BCUT2D eigenvalue weighted by Gasteiger charge is -2.06. The van der Waals surface area contributed by atoms with Gasteiger partial charge in [0.05, 0.1) is 11.3 Å². The number of benzene rings is 1. The van der Waals surface area contributed by atoms with Crippen molar-refractivity contribution in [2.75, 3.05) is 12.4 Å². The highest BCUT2D eigenvalue weighted by Crippen LogP contribution is 2.25. The van der Waals surface area contributed by atoms with E-state index in [1.54, 1.807) is 37.6 Å². The minimum atomic E-state index is -0.216. The predicted octanol–water partition coefficient (Wildman–Crippen LogP) is 4.07.